The van der Waals surface area contributed by atoms with Crippen LogP contribution in [0, 0.1) is 0 Å². The maximum Gasteiger partial charge on any atom is 0.453 e. The second kappa shape index (κ2) is 6.45. The Morgan fingerprint density at radius 2 is 2.00 bits per heavy atom. The van der Waals surface area contributed by atoms with E-state index in [1.54, 1.807) is 18.6 Å². The summed E-state index contributed by atoms with van der Waals surface area (Å²) in [5.41, 5.74) is 3.85. The molecule has 0 fully saturated rings. The first kappa shape index (κ1) is 17.4. The third-order valence-electron chi connectivity index (χ3n) is 3.46. The molecule has 1 amide bonds. The molecule has 1 aliphatic heterocycles. The molecule has 2 aromatic rings. The quantitative estimate of drug-likeness (QED) is 0.511. The molecule has 0 bridgehead atoms. The molecule has 0 spiro atoms. The Morgan fingerprint density at radius 3 is 2.72 bits per heavy atom. The minimum absolute atomic E-state index is 0.152. The van der Waals surface area contributed by atoms with Crippen molar-refractivity contribution in [3.63, 3.8) is 0 Å². The van der Waals surface area contributed by atoms with E-state index in [1.807, 2.05) is 51.3 Å². The first-order valence-corrected chi connectivity index (χ1v) is 8.99. The lowest BCUT2D eigenvalue weighted by atomic mass is 10.2. The number of carbonyl (C=O) groups is 1. The number of benzene rings is 1. The number of aromatic nitrogens is 2. The van der Waals surface area contributed by atoms with Gasteiger partial charge in [-0.05, 0) is 33.1 Å². The summed E-state index contributed by atoms with van der Waals surface area (Å²) in [6, 6.07) is 9.34. The summed E-state index contributed by atoms with van der Waals surface area (Å²) >= 11 is 1.43. The van der Waals surface area contributed by atoms with Crippen LogP contribution in [-0.2, 0) is 4.74 Å². The summed E-state index contributed by atoms with van der Waals surface area (Å²) in [6.45, 7) is 5.46. The van der Waals surface area contributed by atoms with E-state index in [1.165, 1.54) is 11.8 Å². The fraction of sp³-hybridized carbons (Fsp3) is 0.294. The summed E-state index contributed by atoms with van der Waals surface area (Å²) in [5.74, 6) is 0.582. The lowest BCUT2D eigenvalue weighted by molar-refractivity contribution is 0.0459. The molecule has 8 heteroatoms. The average Bonchev–Trinajstić information content (AvgIpc) is 2.93. The largest absolute Gasteiger partial charge is 0.453 e. The Morgan fingerprint density at radius 1 is 1.24 bits per heavy atom. The first-order valence-electron chi connectivity index (χ1n) is 7.76. The molecule has 1 unspecified atom stereocenters. The Kier molecular flexibility index (Phi) is 4.49. The molecule has 3 rings (SSSR count). The number of thioether (sulfide) groups is 1. The van der Waals surface area contributed by atoms with Crippen molar-refractivity contribution >= 4 is 41.4 Å². The van der Waals surface area contributed by atoms with Gasteiger partial charge in [-0.2, -0.15) is 9.98 Å². The summed E-state index contributed by atoms with van der Waals surface area (Å²) in [6.07, 6.45) is 4.65. The van der Waals surface area contributed by atoms with Crippen LogP contribution in [0.5, 0.6) is 0 Å². The molecule has 1 aliphatic rings. The van der Waals surface area contributed by atoms with Gasteiger partial charge in [-0.25, -0.2) is 9.78 Å². The van der Waals surface area contributed by atoms with Gasteiger partial charge in [-0.15, -0.1) is 5.43 Å². The second-order valence-corrected chi connectivity index (χ2v) is 7.24. The zero-order chi connectivity index (χ0) is 18.1. The topological polar surface area (TPSA) is 76.5 Å². The summed E-state index contributed by atoms with van der Waals surface area (Å²) in [5, 5.41) is 0.610. The molecule has 1 aromatic heterocycles. The van der Waals surface area contributed by atoms with E-state index in [0.29, 0.717) is 11.0 Å². The van der Waals surface area contributed by atoms with Gasteiger partial charge in [0.05, 0.1) is 0 Å². The number of aliphatic imine (C=N–C) groups is 1. The van der Waals surface area contributed by atoms with E-state index in [0.717, 1.165) is 11.4 Å². The third kappa shape index (κ3) is 3.49. The van der Waals surface area contributed by atoms with Gasteiger partial charge in [0.1, 0.15) is 11.3 Å². The minimum Gasteiger partial charge on any atom is -0.441 e. The van der Waals surface area contributed by atoms with Crippen LogP contribution in [0.15, 0.2) is 46.7 Å². The van der Waals surface area contributed by atoms with Gasteiger partial charge in [0.25, 0.3) is 5.82 Å². The minimum atomic E-state index is -0.611. The van der Waals surface area contributed by atoms with Crippen LogP contribution in [0.4, 0.5) is 22.0 Å². The number of hydrogen-bond donors (Lipinski definition) is 1. The summed E-state index contributed by atoms with van der Waals surface area (Å²) < 4.78 is 5.29. The Labute approximate surface area is 150 Å². The number of carbonyl (C=O) groups excluding carboxylic acids is 1. The number of quaternary nitrogens is 1. The van der Waals surface area contributed by atoms with Crippen molar-refractivity contribution in [1.82, 2.24) is 20.0 Å². The predicted molar refractivity (Wildman–Crippen MR) is 99.2 cm³/mol. The molecule has 25 heavy (non-hydrogen) atoms. The molecule has 1 aromatic carbocycles. The molecule has 7 nitrogen and oxygen atoms in total. The van der Waals surface area contributed by atoms with Gasteiger partial charge in [-0.1, -0.05) is 28.5 Å². The van der Waals surface area contributed by atoms with Crippen LogP contribution in [0.2, 0.25) is 0 Å². The van der Waals surface area contributed by atoms with Crippen molar-refractivity contribution < 1.29 is 9.53 Å². The molecule has 0 aliphatic carbocycles. The van der Waals surface area contributed by atoms with E-state index in [4.69, 9.17) is 4.74 Å². The van der Waals surface area contributed by atoms with Crippen molar-refractivity contribution in [3.05, 3.63) is 36.5 Å². The lowest BCUT2D eigenvalue weighted by Crippen LogP contribution is -2.57. The molecule has 130 valence electrons. The zero-order valence-electron chi connectivity index (χ0n) is 14.6. The van der Waals surface area contributed by atoms with Crippen LogP contribution in [0.25, 0.3) is 0 Å². The Hall–Kier alpha value is -2.45. The maximum absolute atomic E-state index is 12.5. The van der Waals surface area contributed by atoms with Crippen molar-refractivity contribution in [3.8, 4) is 0 Å². The molecule has 2 heterocycles. The number of nitrogens with one attached hydrogen (secondary N) is 1. The number of fused-ring (bicyclic) bond motifs is 1. The molecular formula is C17H20N5O2S+. The average molecular weight is 358 g/mol. The molecular weight excluding hydrogens is 338 g/mol. The summed E-state index contributed by atoms with van der Waals surface area (Å²) in [7, 11) is 0. The zero-order valence-corrected chi connectivity index (χ0v) is 15.4. The van der Waals surface area contributed by atoms with Crippen molar-refractivity contribution in [2.45, 2.75) is 31.5 Å². The number of nitrogens with zero attached hydrogens (tertiary/aromatic N) is 4. The SMILES string of the molecule is CSc1nccc([N+]2(NC(=O)OC(C)(C)C)C=Nc3ccccc32)n1. The van der Waals surface area contributed by atoms with E-state index >= 15 is 0 Å². The predicted octanol–water partition coefficient (Wildman–Crippen LogP) is 3.95. The molecule has 1 atom stereocenters. The van der Waals surface area contributed by atoms with Crippen LogP contribution in [0.3, 0.4) is 0 Å². The normalized spacial score (nSPS) is 18.7. The third-order valence-corrected chi connectivity index (χ3v) is 4.02. The molecule has 0 saturated heterocycles. The number of rotatable bonds is 3. The standard InChI is InChI=1S/C17H19N5O2S/c1-17(2,3)24-16(23)21-22(14-9-10-18-15(20-14)25-4)11-19-12-7-5-6-8-13(12)22/h5-11H,1-4H3/p+1. The van der Waals surface area contributed by atoms with Crippen molar-refractivity contribution in [2.75, 3.05) is 6.26 Å². The maximum atomic E-state index is 12.5. The number of amides is 1. The number of hydrogen-bond acceptors (Lipinski definition) is 6. The molecule has 0 radical (unpaired) electrons. The van der Waals surface area contributed by atoms with E-state index in [2.05, 4.69) is 20.4 Å². The van der Waals surface area contributed by atoms with Crippen molar-refractivity contribution in [1.29, 1.82) is 0 Å². The fourth-order valence-electron chi connectivity index (χ4n) is 2.48. The highest BCUT2D eigenvalue weighted by Gasteiger charge is 2.44. The van der Waals surface area contributed by atoms with E-state index in [-0.39, 0.29) is 4.59 Å². The Balaban J connectivity index is 2.07. The van der Waals surface area contributed by atoms with E-state index < -0.39 is 11.7 Å². The van der Waals surface area contributed by atoms with Gasteiger partial charge in [0.2, 0.25) is 6.34 Å². The van der Waals surface area contributed by atoms with Crippen LogP contribution in [-0.4, -0.2) is 34.3 Å². The van der Waals surface area contributed by atoms with Gasteiger partial charge >= 0.3 is 6.09 Å². The number of para-hydroxylation sites is 2. The Bertz CT molecular complexity index is 834. The van der Waals surface area contributed by atoms with Gasteiger partial charge in [0, 0.05) is 18.3 Å². The van der Waals surface area contributed by atoms with Gasteiger partial charge in [0.15, 0.2) is 10.8 Å². The highest BCUT2D eigenvalue weighted by atomic mass is 32.2. The van der Waals surface area contributed by atoms with Crippen LogP contribution >= 0.6 is 11.8 Å². The monoisotopic (exact) mass is 358 g/mol. The summed E-state index contributed by atoms with van der Waals surface area (Å²) in [4.78, 5) is 25.7. The molecule has 1 N–H and O–H groups in total. The van der Waals surface area contributed by atoms with E-state index in [9.17, 15) is 4.79 Å². The number of ether oxygens (including phenoxy) is 1. The molecule has 0 saturated carbocycles. The smallest absolute Gasteiger partial charge is 0.441 e. The van der Waals surface area contributed by atoms with Gasteiger partial charge in [-0.3, -0.25) is 0 Å². The van der Waals surface area contributed by atoms with Crippen LogP contribution in [0.1, 0.15) is 20.8 Å². The van der Waals surface area contributed by atoms with Crippen LogP contribution < -0.4 is 10.0 Å². The highest BCUT2D eigenvalue weighted by Crippen LogP contribution is 2.41. The van der Waals surface area contributed by atoms with Crippen molar-refractivity contribution in [2.24, 2.45) is 4.99 Å². The second-order valence-electron chi connectivity index (χ2n) is 6.47. The highest BCUT2D eigenvalue weighted by molar-refractivity contribution is 7.98. The fourth-order valence-corrected chi connectivity index (χ4v) is 2.83. The van der Waals surface area contributed by atoms with Gasteiger partial charge < -0.3 is 4.74 Å². The first-order chi connectivity index (χ1) is 11.8. The lowest BCUT2D eigenvalue weighted by Gasteiger charge is -2.29.